The van der Waals surface area contributed by atoms with Crippen LogP contribution in [0.2, 0.25) is 0 Å². The fourth-order valence-electron chi connectivity index (χ4n) is 1.31. The largest absolute Gasteiger partial charge is 0.480 e. The molecule has 1 unspecified atom stereocenters. The third-order valence-corrected chi connectivity index (χ3v) is 1.69. The van der Waals surface area contributed by atoms with E-state index in [2.05, 4.69) is 23.9 Å². The summed E-state index contributed by atoms with van der Waals surface area (Å²) in [4.78, 5) is 21.3. The van der Waals surface area contributed by atoms with Gasteiger partial charge in [-0.2, -0.15) is 0 Å². The summed E-state index contributed by atoms with van der Waals surface area (Å²) in [6.45, 7) is 5.42. The van der Waals surface area contributed by atoms with Crippen molar-refractivity contribution < 1.29 is 19.4 Å². The number of carboxylic acid groups (broad SMARTS) is 1. The molecule has 0 aromatic carbocycles. The average Bonchev–Trinajstić information content (AvgIpc) is 2.00. The van der Waals surface area contributed by atoms with Crippen molar-refractivity contribution in [3.8, 4) is 0 Å². The molecule has 0 fully saturated rings. The normalized spacial score (nSPS) is 12.5. The van der Waals surface area contributed by atoms with Gasteiger partial charge in [-0.15, -0.1) is 0 Å². The number of hydrogen-bond acceptors (Lipinski definition) is 3. The predicted molar refractivity (Wildman–Crippen MR) is 55.5 cm³/mol. The van der Waals surface area contributed by atoms with Gasteiger partial charge in [-0.3, -0.25) is 4.79 Å². The lowest BCUT2D eigenvalue weighted by Crippen LogP contribution is -2.36. The van der Waals surface area contributed by atoms with Crippen LogP contribution in [0.5, 0.6) is 0 Å². The highest BCUT2D eigenvalue weighted by Gasteiger charge is 2.09. The number of carbonyl (C=O) groups is 2. The van der Waals surface area contributed by atoms with Gasteiger partial charge in [0.2, 0.25) is 5.91 Å². The van der Waals surface area contributed by atoms with Crippen LogP contribution in [-0.4, -0.2) is 36.2 Å². The first-order valence-electron chi connectivity index (χ1n) is 5.00. The second-order valence-electron chi connectivity index (χ2n) is 3.98. The Morgan fingerprint density at radius 2 is 1.87 bits per heavy atom. The molecule has 0 aromatic heterocycles. The molecular formula is C10H19NO4. The van der Waals surface area contributed by atoms with Crippen molar-refractivity contribution in [3.63, 3.8) is 0 Å². The first-order valence-corrected chi connectivity index (χ1v) is 5.00. The van der Waals surface area contributed by atoms with Crippen LogP contribution in [0.25, 0.3) is 0 Å². The topological polar surface area (TPSA) is 75.6 Å². The zero-order chi connectivity index (χ0) is 11.8. The first-order chi connectivity index (χ1) is 6.91. The van der Waals surface area contributed by atoms with E-state index in [1.807, 2.05) is 6.92 Å². The van der Waals surface area contributed by atoms with Gasteiger partial charge in [0.15, 0.2) is 0 Å². The molecular weight excluding hydrogens is 198 g/mol. The van der Waals surface area contributed by atoms with E-state index in [9.17, 15) is 9.59 Å². The highest BCUT2D eigenvalue weighted by atomic mass is 16.5. The minimum Gasteiger partial charge on any atom is -0.480 e. The molecule has 1 amide bonds. The molecule has 0 aliphatic rings. The molecule has 5 nitrogen and oxygen atoms in total. The maximum Gasteiger partial charge on any atom is 0.329 e. The van der Waals surface area contributed by atoms with Crippen LogP contribution in [0.1, 0.15) is 27.2 Å². The van der Waals surface area contributed by atoms with Crippen molar-refractivity contribution in [3.05, 3.63) is 0 Å². The van der Waals surface area contributed by atoms with Gasteiger partial charge in [-0.25, -0.2) is 4.79 Å². The van der Waals surface area contributed by atoms with Gasteiger partial charge in [-0.05, 0) is 19.3 Å². The van der Waals surface area contributed by atoms with E-state index in [-0.39, 0.29) is 18.6 Å². The summed E-state index contributed by atoms with van der Waals surface area (Å²) in [5, 5.41) is 11.0. The Hall–Kier alpha value is -1.10. The van der Waals surface area contributed by atoms with Crippen molar-refractivity contribution in [2.24, 2.45) is 5.92 Å². The smallest absolute Gasteiger partial charge is 0.329 e. The van der Waals surface area contributed by atoms with Crippen LogP contribution >= 0.6 is 0 Å². The number of amides is 1. The van der Waals surface area contributed by atoms with Crippen molar-refractivity contribution in [1.29, 1.82) is 0 Å². The van der Waals surface area contributed by atoms with Crippen LogP contribution in [0.4, 0.5) is 0 Å². The van der Waals surface area contributed by atoms with E-state index in [0.29, 0.717) is 5.92 Å². The van der Waals surface area contributed by atoms with E-state index in [0.717, 1.165) is 6.42 Å². The zero-order valence-electron chi connectivity index (χ0n) is 9.45. The van der Waals surface area contributed by atoms with E-state index in [1.54, 1.807) is 0 Å². The van der Waals surface area contributed by atoms with E-state index < -0.39 is 12.6 Å². The Balaban J connectivity index is 3.60. The van der Waals surface area contributed by atoms with Crippen LogP contribution in [0.15, 0.2) is 0 Å². The molecule has 0 aliphatic heterocycles. The molecule has 0 radical (unpaired) electrons. The minimum atomic E-state index is -1.07. The summed E-state index contributed by atoms with van der Waals surface area (Å²) in [7, 11) is 0. The molecule has 0 saturated heterocycles. The van der Waals surface area contributed by atoms with Gasteiger partial charge < -0.3 is 15.2 Å². The van der Waals surface area contributed by atoms with Crippen LogP contribution < -0.4 is 5.32 Å². The molecule has 2 N–H and O–H groups in total. The van der Waals surface area contributed by atoms with Gasteiger partial charge in [0, 0.05) is 6.04 Å². The Kier molecular flexibility index (Phi) is 6.70. The molecule has 1 atom stereocenters. The fraction of sp³-hybridized carbons (Fsp3) is 0.800. The number of hydrogen-bond donors (Lipinski definition) is 2. The summed E-state index contributed by atoms with van der Waals surface area (Å²) < 4.78 is 4.65. The maximum absolute atomic E-state index is 11.2. The van der Waals surface area contributed by atoms with Gasteiger partial charge in [-0.1, -0.05) is 13.8 Å². The summed E-state index contributed by atoms with van der Waals surface area (Å²) >= 11 is 0. The average molecular weight is 217 g/mol. The summed E-state index contributed by atoms with van der Waals surface area (Å²) in [5.74, 6) is -0.831. The van der Waals surface area contributed by atoms with Crippen LogP contribution in [0, 0.1) is 5.92 Å². The SMILES string of the molecule is CC(C)CC(C)NC(=O)COCC(=O)O. The molecule has 0 bridgehead atoms. The fourth-order valence-corrected chi connectivity index (χ4v) is 1.31. The molecule has 0 spiro atoms. The standard InChI is InChI=1S/C10H19NO4/c1-7(2)4-8(3)11-9(12)5-15-6-10(13)14/h7-8H,4-6H2,1-3H3,(H,11,12)(H,13,14). The van der Waals surface area contributed by atoms with Crippen molar-refractivity contribution in [2.45, 2.75) is 33.2 Å². The number of nitrogens with one attached hydrogen (secondary N) is 1. The number of carboxylic acids is 1. The Morgan fingerprint density at radius 1 is 1.27 bits per heavy atom. The Labute approximate surface area is 89.8 Å². The molecule has 0 heterocycles. The molecule has 15 heavy (non-hydrogen) atoms. The quantitative estimate of drug-likeness (QED) is 0.656. The lowest BCUT2D eigenvalue weighted by Gasteiger charge is -2.15. The van der Waals surface area contributed by atoms with E-state index in [4.69, 9.17) is 5.11 Å². The number of aliphatic carboxylic acids is 1. The first kappa shape index (κ1) is 13.9. The zero-order valence-corrected chi connectivity index (χ0v) is 9.45. The molecule has 0 saturated carbocycles. The molecule has 0 aliphatic carbocycles. The van der Waals surface area contributed by atoms with Crippen LogP contribution in [-0.2, 0) is 14.3 Å². The van der Waals surface area contributed by atoms with Gasteiger partial charge >= 0.3 is 5.97 Å². The monoisotopic (exact) mass is 217 g/mol. The van der Waals surface area contributed by atoms with Gasteiger partial charge in [0.1, 0.15) is 13.2 Å². The Bertz CT molecular complexity index is 215. The summed E-state index contributed by atoms with van der Waals surface area (Å²) in [6.07, 6.45) is 0.894. The second kappa shape index (κ2) is 7.23. The van der Waals surface area contributed by atoms with E-state index >= 15 is 0 Å². The molecule has 88 valence electrons. The predicted octanol–water partition coefficient (Wildman–Crippen LogP) is 0.638. The van der Waals surface area contributed by atoms with Crippen molar-refractivity contribution in [2.75, 3.05) is 13.2 Å². The number of carbonyl (C=O) groups excluding carboxylic acids is 1. The lowest BCUT2D eigenvalue weighted by atomic mass is 10.1. The van der Waals surface area contributed by atoms with Crippen molar-refractivity contribution in [1.82, 2.24) is 5.32 Å². The summed E-state index contributed by atoms with van der Waals surface area (Å²) in [6, 6.07) is 0.0888. The number of rotatable bonds is 7. The van der Waals surface area contributed by atoms with Crippen molar-refractivity contribution >= 4 is 11.9 Å². The molecule has 0 aromatic rings. The third kappa shape index (κ3) is 9.21. The molecule has 0 rings (SSSR count). The highest BCUT2D eigenvalue weighted by Crippen LogP contribution is 2.03. The third-order valence-electron chi connectivity index (χ3n) is 1.69. The lowest BCUT2D eigenvalue weighted by molar-refractivity contribution is -0.143. The Morgan fingerprint density at radius 3 is 2.33 bits per heavy atom. The minimum absolute atomic E-state index is 0.0888. The maximum atomic E-state index is 11.2. The number of ether oxygens (including phenoxy) is 1. The summed E-state index contributed by atoms with van der Waals surface area (Å²) in [5.41, 5.74) is 0. The van der Waals surface area contributed by atoms with Gasteiger partial charge in [0.05, 0.1) is 0 Å². The van der Waals surface area contributed by atoms with Gasteiger partial charge in [0.25, 0.3) is 0 Å². The second-order valence-corrected chi connectivity index (χ2v) is 3.98. The van der Waals surface area contributed by atoms with E-state index in [1.165, 1.54) is 0 Å². The highest BCUT2D eigenvalue weighted by molar-refractivity contribution is 5.78. The molecule has 5 heteroatoms. The van der Waals surface area contributed by atoms with Crippen LogP contribution in [0.3, 0.4) is 0 Å².